The summed E-state index contributed by atoms with van der Waals surface area (Å²) >= 11 is 0. The zero-order valence-corrected chi connectivity index (χ0v) is 16.4. The average Bonchev–Trinajstić information content (AvgIpc) is 3.28. The lowest BCUT2D eigenvalue weighted by Crippen LogP contribution is -2.44. The minimum Gasteiger partial charge on any atom is -0.396 e. The Hall–Kier alpha value is -2.94. The summed E-state index contributed by atoms with van der Waals surface area (Å²) in [7, 11) is 1.63. The van der Waals surface area contributed by atoms with Crippen LogP contribution in [0.15, 0.2) is 29.1 Å². The van der Waals surface area contributed by atoms with Gasteiger partial charge in [0.05, 0.1) is 0 Å². The van der Waals surface area contributed by atoms with Crippen LogP contribution >= 0.6 is 0 Å². The molecule has 154 valence electrons. The highest BCUT2D eigenvalue weighted by Gasteiger charge is 2.31. The lowest BCUT2D eigenvalue weighted by atomic mass is 10.1. The van der Waals surface area contributed by atoms with Crippen molar-refractivity contribution >= 4 is 17.5 Å². The Balaban J connectivity index is 1.62. The fourth-order valence-electron chi connectivity index (χ4n) is 4.15. The van der Waals surface area contributed by atoms with Gasteiger partial charge in [-0.25, -0.2) is 9.48 Å². The molecule has 2 amide bonds. The number of aliphatic hydroxyl groups is 1. The molecule has 3 heterocycles. The predicted molar refractivity (Wildman–Crippen MR) is 106 cm³/mol. The van der Waals surface area contributed by atoms with E-state index in [1.54, 1.807) is 7.05 Å². The summed E-state index contributed by atoms with van der Waals surface area (Å²) in [6.07, 6.45) is 2.31. The molecule has 2 N–H and O–H groups in total. The van der Waals surface area contributed by atoms with E-state index >= 15 is 0 Å². The van der Waals surface area contributed by atoms with E-state index in [1.165, 1.54) is 9.25 Å². The van der Waals surface area contributed by atoms with E-state index in [4.69, 9.17) is 5.11 Å². The number of carbonyl (C=O) groups excluding carboxylic acids is 2. The summed E-state index contributed by atoms with van der Waals surface area (Å²) in [5, 5.41) is 15.9. The van der Waals surface area contributed by atoms with Crippen LogP contribution in [-0.4, -0.2) is 51.0 Å². The number of carbonyl (C=O) groups is 2. The topological polar surface area (TPSA) is 109 Å². The minimum atomic E-state index is -0.777. The maximum Gasteiger partial charge on any atom is 0.346 e. The molecule has 29 heavy (non-hydrogen) atoms. The van der Waals surface area contributed by atoms with Crippen molar-refractivity contribution in [2.75, 3.05) is 24.6 Å². The third-order valence-corrected chi connectivity index (χ3v) is 5.80. The minimum absolute atomic E-state index is 0.189. The second kappa shape index (κ2) is 7.82. The Morgan fingerprint density at radius 1 is 1.24 bits per heavy atom. The number of rotatable bonds is 5. The molecule has 4 rings (SSSR count). The molecule has 2 aliphatic rings. The van der Waals surface area contributed by atoms with Gasteiger partial charge in [-0.05, 0) is 37.3 Å². The van der Waals surface area contributed by atoms with Crippen molar-refractivity contribution in [3.63, 3.8) is 0 Å². The van der Waals surface area contributed by atoms with E-state index in [1.807, 2.05) is 24.3 Å². The number of nitrogens with one attached hydrogen (secondary N) is 1. The Labute approximate surface area is 167 Å². The van der Waals surface area contributed by atoms with E-state index in [2.05, 4.69) is 15.3 Å². The van der Waals surface area contributed by atoms with Gasteiger partial charge in [0.15, 0.2) is 5.82 Å². The maximum atomic E-state index is 12.7. The van der Waals surface area contributed by atoms with Crippen LogP contribution in [0.25, 0.3) is 11.4 Å². The number of nitrogens with zero attached hydrogens (tertiary/aromatic N) is 4. The number of aliphatic hydroxyl groups excluding tert-OH is 1. The van der Waals surface area contributed by atoms with Crippen LogP contribution in [0.3, 0.4) is 0 Å². The van der Waals surface area contributed by atoms with Gasteiger partial charge in [0.25, 0.3) is 5.91 Å². The van der Waals surface area contributed by atoms with Gasteiger partial charge in [0.1, 0.15) is 6.04 Å². The van der Waals surface area contributed by atoms with Crippen molar-refractivity contribution in [2.45, 2.75) is 31.7 Å². The highest BCUT2D eigenvalue weighted by molar-refractivity contribution is 5.99. The van der Waals surface area contributed by atoms with E-state index in [-0.39, 0.29) is 31.0 Å². The Kier molecular flexibility index (Phi) is 5.23. The highest BCUT2D eigenvalue weighted by Crippen LogP contribution is 2.29. The van der Waals surface area contributed by atoms with Crippen LogP contribution in [0.1, 0.15) is 31.7 Å². The molecular weight excluding hydrogens is 374 g/mol. The SMILES string of the molecule is Cn1c(-c2cccc(N3CCC(CCO)C3)c2)nn(C2CCC(=O)NC2=O)c1=O. The normalized spacial score (nSPS) is 22.2. The molecule has 9 heteroatoms. The van der Waals surface area contributed by atoms with E-state index in [0.29, 0.717) is 11.7 Å². The molecule has 2 aliphatic heterocycles. The van der Waals surface area contributed by atoms with Crippen LogP contribution in [0, 0.1) is 5.92 Å². The summed E-state index contributed by atoms with van der Waals surface area (Å²) in [5.74, 6) is 0.148. The van der Waals surface area contributed by atoms with Crippen LogP contribution in [0.2, 0.25) is 0 Å². The molecule has 2 saturated heterocycles. The zero-order valence-electron chi connectivity index (χ0n) is 16.4. The van der Waals surface area contributed by atoms with Crippen LogP contribution < -0.4 is 15.9 Å². The molecular formula is C20H25N5O4. The molecule has 0 aliphatic carbocycles. The third kappa shape index (κ3) is 3.69. The maximum absolute atomic E-state index is 12.7. The molecule has 9 nitrogen and oxygen atoms in total. The van der Waals surface area contributed by atoms with Crippen molar-refractivity contribution < 1.29 is 14.7 Å². The fourth-order valence-corrected chi connectivity index (χ4v) is 4.15. The molecule has 2 aromatic rings. The molecule has 2 atom stereocenters. The van der Waals surface area contributed by atoms with Crippen molar-refractivity contribution in [3.8, 4) is 11.4 Å². The number of amides is 2. The first kappa shape index (κ1) is 19.4. The predicted octanol–water partition coefficient (Wildman–Crippen LogP) is 0.435. The number of piperidine rings is 1. The number of benzene rings is 1. The molecule has 0 radical (unpaired) electrons. The van der Waals surface area contributed by atoms with Crippen molar-refractivity contribution in [3.05, 3.63) is 34.7 Å². The molecule has 0 saturated carbocycles. The van der Waals surface area contributed by atoms with Crippen molar-refractivity contribution in [1.82, 2.24) is 19.7 Å². The first-order valence-corrected chi connectivity index (χ1v) is 9.93. The van der Waals surface area contributed by atoms with Gasteiger partial charge in [0.2, 0.25) is 5.91 Å². The largest absolute Gasteiger partial charge is 0.396 e. The Morgan fingerprint density at radius 2 is 2.07 bits per heavy atom. The standard InChI is InChI=1S/C20H25N5O4/c1-23-18(22-25(20(23)29)16-5-6-17(27)21-19(16)28)14-3-2-4-15(11-14)24-9-7-13(12-24)8-10-26/h2-4,11,13,16,26H,5-10,12H2,1H3,(H,21,27,28). The zero-order chi connectivity index (χ0) is 20.5. The first-order chi connectivity index (χ1) is 14.0. The number of imide groups is 1. The van der Waals surface area contributed by atoms with Gasteiger partial charge < -0.3 is 10.0 Å². The van der Waals surface area contributed by atoms with Gasteiger partial charge in [0, 0.05) is 44.4 Å². The van der Waals surface area contributed by atoms with E-state index in [9.17, 15) is 14.4 Å². The Morgan fingerprint density at radius 3 is 2.83 bits per heavy atom. The van der Waals surface area contributed by atoms with Gasteiger partial charge in [-0.2, -0.15) is 0 Å². The van der Waals surface area contributed by atoms with Crippen molar-refractivity contribution in [2.24, 2.45) is 13.0 Å². The second-order valence-corrected chi connectivity index (χ2v) is 7.74. The average molecular weight is 399 g/mol. The lowest BCUT2D eigenvalue weighted by Gasteiger charge is -2.20. The lowest BCUT2D eigenvalue weighted by molar-refractivity contribution is -0.136. The van der Waals surface area contributed by atoms with Crippen LogP contribution in [0.4, 0.5) is 5.69 Å². The molecule has 0 bridgehead atoms. The molecule has 1 aromatic carbocycles. The first-order valence-electron chi connectivity index (χ1n) is 9.93. The summed E-state index contributed by atoms with van der Waals surface area (Å²) in [4.78, 5) is 38.5. The van der Waals surface area contributed by atoms with Gasteiger partial charge >= 0.3 is 5.69 Å². The van der Waals surface area contributed by atoms with Gasteiger partial charge in [-0.1, -0.05) is 12.1 Å². The number of hydrogen-bond acceptors (Lipinski definition) is 6. The second-order valence-electron chi connectivity index (χ2n) is 7.74. The monoisotopic (exact) mass is 399 g/mol. The summed E-state index contributed by atoms with van der Waals surface area (Å²) in [6.45, 7) is 2.03. The Bertz CT molecular complexity index is 995. The van der Waals surface area contributed by atoms with E-state index in [0.717, 1.165) is 37.2 Å². The number of anilines is 1. The van der Waals surface area contributed by atoms with E-state index < -0.39 is 11.9 Å². The summed E-state index contributed by atoms with van der Waals surface area (Å²) < 4.78 is 2.61. The summed E-state index contributed by atoms with van der Waals surface area (Å²) in [5.41, 5.74) is 1.45. The molecule has 0 spiro atoms. The van der Waals surface area contributed by atoms with Crippen LogP contribution in [-0.2, 0) is 16.6 Å². The van der Waals surface area contributed by atoms with Crippen LogP contribution in [0.5, 0.6) is 0 Å². The highest BCUT2D eigenvalue weighted by atomic mass is 16.3. The van der Waals surface area contributed by atoms with Crippen molar-refractivity contribution in [1.29, 1.82) is 0 Å². The third-order valence-electron chi connectivity index (χ3n) is 5.80. The summed E-state index contributed by atoms with van der Waals surface area (Å²) in [6, 6.07) is 7.07. The smallest absolute Gasteiger partial charge is 0.346 e. The fraction of sp³-hybridized carbons (Fsp3) is 0.500. The molecule has 2 fully saturated rings. The quantitative estimate of drug-likeness (QED) is 0.706. The number of hydrogen-bond donors (Lipinski definition) is 2. The molecule has 1 aromatic heterocycles. The number of aromatic nitrogens is 3. The van der Waals surface area contributed by atoms with Gasteiger partial charge in [-0.15, -0.1) is 5.10 Å². The van der Waals surface area contributed by atoms with Gasteiger partial charge in [-0.3, -0.25) is 19.5 Å². The molecule has 2 unspecified atom stereocenters.